The van der Waals surface area contributed by atoms with Gasteiger partial charge in [-0.25, -0.2) is 4.98 Å². The Bertz CT molecular complexity index is 722. The molecule has 1 amide bonds. The van der Waals surface area contributed by atoms with Gasteiger partial charge >= 0.3 is 6.01 Å². The predicted molar refractivity (Wildman–Crippen MR) is 88.2 cm³/mol. The van der Waals surface area contributed by atoms with Crippen LogP contribution < -0.4 is 14.8 Å². The summed E-state index contributed by atoms with van der Waals surface area (Å²) in [6, 6.07) is 0.0632. The van der Waals surface area contributed by atoms with Crippen LogP contribution in [-0.4, -0.2) is 40.3 Å². The predicted octanol–water partition coefficient (Wildman–Crippen LogP) is 1.56. The quantitative estimate of drug-likeness (QED) is 0.832. The minimum atomic E-state index is -0.151. The summed E-state index contributed by atoms with van der Waals surface area (Å²) < 4.78 is 10.3. The van der Waals surface area contributed by atoms with E-state index < -0.39 is 0 Å². The first-order valence-electron chi connectivity index (χ1n) is 7.63. The molecule has 0 aliphatic carbocycles. The Kier molecular flexibility index (Phi) is 5.38. The lowest BCUT2D eigenvalue weighted by Gasteiger charge is -2.16. The summed E-state index contributed by atoms with van der Waals surface area (Å²) in [5.74, 6) is 0.204. The molecule has 2 N–H and O–H groups in total. The van der Waals surface area contributed by atoms with Crippen LogP contribution in [0.2, 0.25) is 0 Å². The van der Waals surface area contributed by atoms with Gasteiger partial charge in [0.25, 0.3) is 0 Å². The zero-order valence-corrected chi connectivity index (χ0v) is 14.9. The summed E-state index contributed by atoms with van der Waals surface area (Å²) in [7, 11) is 2.99. The summed E-state index contributed by atoms with van der Waals surface area (Å²) in [4.78, 5) is 20.8. The molecule has 0 fully saturated rings. The van der Waals surface area contributed by atoms with E-state index in [9.17, 15) is 4.79 Å². The van der Waals surface area contributed by atoms with Gasteiger partial charge in [0.15, 0.2) is 0 Å². The molecule has 1 atom stereocenters. The zero-order valence-electron chi connectivity index (χ0n) is 14.9. The summed E-state index contributed by atoms with van der Waals surface area (Å²) in [6.07, 6.45) is 0.124. The minimum absolute atomic E-state index is 0.124. The van der Waals surface area contributed by atoms with Crippen LogP contribution in [0.15, 0.2) is 0 Å². The number of aromatic amines is 1. The number of hydrogen-bond donors (Lipinski definition) is 2. The largest absolute Gasteiger partial charge is 0.481 e. The third kappa shape index (κ3) is 3.64. The van der Waals surface area contributed by atoms with E-state index in [0.29, 0.717) is 17.1 Å². The van der Waals surface area contributed by atoms with Crippen molar-refractivity contribution < 1.29 is 14.3 Å². The summed E-state index contributed by atoms with van der Waals surface area (Å²) in [5.41, 5.74) is 4.11. The number of rotatable bonds is 6. The Morgan fingerprint density at radius 2 is 1.88 bits per heavy atom. The van der Waals surface area contributed by atoms with Crippen LogP contribution in [0.3, 0.4) is 0 Å². The molecule has 8 heteroatoms. The zero-order chi connectivity index (χ0) is 17.9. The van der Waals surface area contributed by atoms with E-state index in [-0.39, 0.29) is 24.4 Å². The van der Waals surface area contributed by atoms with Crippen LogP contribution in [0, 0.1) is 20.8 Å². The van der Waals surface area contributed by atoms with Crippen molar-refractivity contribution in [2.75, 3.05) is 14.2 Å². The van der Waals surface area contributed by atoms with Gasteiger partial charge < -0.3 is 14.8 Å². The Morgan fingerprint density at radius 1 is 1.17 bits per heavy atom. The standard InChI is InChI=1S/C16H23N5O3/c1-8-12(15(23-5)19-16(18-8)24-6)7-13(22)17-9(2)14-10(3)20-21-11(14)4/h9H,7H2,1-6H3,(H,17,22)(H,20,21)/t9-/m1/s1. The van der Waals surface area contributed by atoms with E-state index >= 15 is 0 Å². The maximum absolute atomic E-state index is 12.4. The third-order valence-electron chi connectivity index (χ3n) is 3.86. The Morgan fingerprint density at radius 3 is 2.42 bits per heavy atom. The molecule has 130 valence electrons. The van der Waals surface area contributed by atoms with Crippen molar-refractivity contribution in [3.63, 3.8) is 0 Å². The lowest BCUT2D eigenvalue weighted by atomic mass is 10.1. The van der Waals surface area contributed by atoms with Gasteiger partial charge in [-0.2, -0.15) is 10.1 Å². The molecule has 0 aromatic carbocycles. The van der Waals surface area contributed by atoms with Crippen molar-refractivity contribution in [1.82, 2.24) is 25.5 Å². The van der Waals surface area contributed by atoms with Gasteiger partial charge in [0.05, 0.1) is 38.1 Å². The number of nitrogens with one attached hydrogen (secondary N) is 2. The number of amides is 1. The number of nitrogens with zero attached hydrogens (tertiary/aromatic N) is 3. The highest BCUT2D eigenvalue weighted by atomic mass is 16.5. The molecule has 0 aliphatic rings. The number of ether oxygens (including phenoxy) is 2. The van der Waals surface area contributed by atoms with Gasteiger partial charge in [-0.3, -0.25) is 9.89 Å². The Labute approximate surface area is 141 Å². The highest BCUT2D eigenvalue weighted by molar-refractivity contribution is 5.80. The van der Waals surface area contributed by atoms with E-state index in [1.165, 1.54) is 14.2 Å². The van der Waals surface area contributed by atoms with E-state index in [2.05, 4.69) is 25.5 Å². The SMILES string of the molecule is COc1nc(C)c(CC(=O)N[C@H](C)c2c(C)n[nH]c2C)c(OC)n1. The number of methoxy groups -OCH3 is 2. The van der Waals surface area contributed by atoms with E-state index in [1.54, 1.807) is 6.92 Å². The maximum atomic E-state index is 12.4. The van der Waals surface area contributed by atoms with Crippen LogP contribution in [0.4, 0.5) is 0 Å². The Hall–Kier alpha value is -2.64. The number of aromatic nitrogens is 4. The van der Waals surface area contributed by atoms with Crippen molar-refractivity contribution in [2.45, 2.75) is 40.2 Å². The molecule has 0 spiro atoms. The maximum Gasteiger partial charge on any atom is 0.319 e. The van der Waals surface area contributed by atoms with Crippen molar-refractivity contribution in [1.29, 1.82) is 0 Å². The molecule has 0 aliphatic heterocycles. The van der Waals surface area contributed by atoms with E-state index in [1.807, 2.05) is 20.8 Å². The number of aryl methyl sites for hydroxylation is 3. The van der Waals surface area contributed by atoms with Gasteiger partial charge in [0, 0.05) is 16.8 Å². The van der Waals surface area contributed by atoms with Gasteiger partial charge in [-0.05, 0) is 27.7 Å². The molecule has 2 aromatic rings. The van der Waals surface area contributed by atoms with Crippen LogP contribution in [-0.2, 0) is 11.2 Å². The molecule has 2 aromatic heterocycles. The molecular formula is C16H23N5O3. The third-order valence-corrected chi connectivity index (χ3v) is 3.86. The number of H-pyrrole nitrogens is 1. The highest BCUT2D eigenvalue weighted by Gasteiger charge is 2.20. The smallest absolute Gasteiger partial charge is 0.319 e. The molecule has 8 nitrogen and oxygen atoms in total. The lowest BCUT2D eigenvalue weighted by molar-refractivity contribution is -0.121. The van der Waals surface area contributed by atoms with Gasteiger partial charge in [0.2, 0.25) is 11.8 Å². The first-order valence-corrected chi connectivity index (χ1v) is 7.63. The molecule has 0 unspecified atom stereocenters. The van der Waals surface area contributed by atoms with Crippen LogP contribution in [0.5, 0.6) is 11.9 Å². The monoisotopic (exact) mass is 333 g/mol. The summed E-state index contributed by atoms with van der Waals surface area (Å²) >= 11 is 0. The number of carbonyl (C=O) groups excluding carboxylic acids is 1. The molecule has 24 heavy (non-hydrogen) atoms. The van der Waals surface area contributed by atoms with Gasteiger partial charge in [-0.1, -0.05) is 0 Å². The molecule has 0 bridgehead atoms. The number of carbonyl (C=O) groups is 1. The average molecular weight is 333 g/mol. The summed E-state index contributed by atoms with van der Waals surface area (Å²) in [5, 5.41) is 10.1. The van der Waals surface area contributed by atoms with Crippen LogP contribution in [0.25, 0.3) is 0 Å². The van der Waals surface area contributed by atoms with E-state index in [0.717, 1.165) is 17.0 Å². The molecule has 0 radical (unpaired) electrons. The van der Waals surface area contributed by atoms with Crippen LogP contribution >= 0.6 is 0 Å². The van der Waals surface area contributed by atoms with Crippen molar-refractivity contribution in [3.05, 3.63) is 28.2 Å². The van der Waals surface area contributed by atoms with E-state index in [4.69, 9.17) is 9.47 Å². The summed E-state index contributed by atoms with van der Waals surface area (Å²) in [6.45, 7) is 7.56. The molecule has 0 saturated heterocycles. The fraction of sp³-hybridized carbons (Fsp3) is 0.500. The highest BCUT2D eigenvalue weighted by Crippen LogP contribution is 2.23. The first kappa shape index (κ1) is 17.7. The average Bonchev–Trinajstić information content (AvgIpc) is 2.87. The minimum Gasteiger partial charge on any atom is -0.481 e. The lowest BCUT2D eigenvalue weighted by Crippen LogP contribution is -2.29. The Balaban J connectivity index is 2.15. The van der Waals surface area contributed by atoms with Crippen LogP contribution in [0.1, 0.15) is 41.2 Å². The fourth-order valence-electron chi connectivity index (χ4n) is 2.73. The second-order valence-electron chi connectivity index (χ2n) is 5.60. The van der Waals surface area contributed by atoms with Gasteiger partial charge in [-0.15, -0.1) is 0 Å². The van der Waals surface area contributed by atoms with Crippen molar-refractivity contribution in [3.8, 4) is 11.9 Å². The fourth-order valence-corrected chi connectivity index (χ4v) is 2.73. The molecule has 2 heterocycles. The van der Waals surface area contributed by atoms with Gasteiger partial charge in [0.1, 0.15) is 0 Å². The molecule has 2 rings (SSSR count). The second-order valence-corrected chi connectivity index (χ2v) is 5.60. The molecule has 0 saturated carbocycles. The normalized spacial score (nSPS) is 11.9. The van der Waals surface area contributed by atoms with Crippen molar-refractivity contribution >= 4 is 5.91 Å². The second kappa shape index (κ2) is 7.29. The number of hydrogen-bond acceptors (Lipinski definition) is 6. The first-order chi connectivity index (χ1) is 11.4. The topological polar surface area (TPSA) is 102 Å². The van der Waals surface area contributed by atoms with Crippen molar-refractivity contribution in [2.24, 2.45) is 0 Å². The molecular weight excluding hydrogens is 310 g/mol.